The number of ether oxygens (including phenoxy) is 2. The molecule has 7 rings (SSSR count). The molecule has 0 unspecified atom stereocenters. The van der Waals surface area contributed by atoms with Crippen LogP contribution in [0.2, 0.25) is 0 Å². The van der Waals surface area contributed by atoms with Gasteiger partial charge < -0.3 is 24.6 Å². The molecule has 1 saturated heterocycles. The van der Waals surface area contributed by atoms with Gasteiger partial charge in [0.2, 0.25) is 0 Å². The zero-order valence-corrected chi connectivity index (χ0v) is 19.5. The van der Waals surface area contributed by atoms with Crippen LogP contribution >= 0.6 is 0 Å². The number of phenols is 1. The summed E-state index contributed by atoms with van der Waals surface area (Å²) in [7, 11) is 4.01. The Hall–Kier alpha value is -1.56. The van der Waals surface area contributed by atoms with Crippen molar-refractivity contribution in [2.24, 2.45) is 11.3 Å². The van der Waals surface area contributed by atoms with Crippen LogP contribution in [0, 0.1) is 11.3 Å². The number of hydrogen-bond donors (Lipinski definition) is 2. The van der Waals surface area contributed by atoms with Crippen LogP contribution in [0.5, 0.6) is 11.5 Å². The van der Waals surface area contributed by atoms with E-state index in [4.69, 9.17) is 9.47 Å². The Morgan fingerprint density at radius 2 is 2.03 bits per heavy atom. The minimum Gasteiger partial charge on any atom is -0.504 e. The third-order valence-corrected chi connectivity index (χ3v) is 10.2. The number of hydrogen-bond acceptors (Lipinski definition) is 5. The van der Waals surface area contributed by atoms with Gasteiger partial charge >= 0.3 is 0 Å². The normalized spacial score (nSPS) is 46.7. The number of aliphatic hydroxyl groups is 1. The fourth-order valence-electron chi connectivity index (χ4n) is 9.22. The minimum atomic E-state index is -0.937. The van der Waals surface area contributed by atoms with Gasteiger partial charge in [-0.25, -0.2) is 0 Å². The van der Waals surface area contributed by atoms with E-state index in [0.29, 0.717) is 17.7 Å². The first kappa shape index (κ1) is 20.1. The second kappa shape index (κ2) is 5.49. The number of nitrogens with zero attached hydrogens (tertiary/aromatic N) is 1. The van der Waals surface area contributed by atoms with E-state index in [-0.39, 0.29) is 22.5 Å². The van der Waals surface area contributed by atoms with Crippen LogP contribution in [0.1, 0.15) is 64.0 Å². The van der Waals surface area contributed by atoms with Crippen molar-refractivity contribution < 1.29 is 19.7 Å². The number of fused-ring (bicyclic) bond motifs is 1. The number of rotatable bonds is 3. The molecule has 2 spiro atoms. The second-order valence-electron chi connectivity index (χ2n) is 11.4. The van der Waals surface area contributed by atoms with Crippen molar-refractivity contribution in [1.82, 2.24) is 4.90 Å². The first-order valence-corrected chi connectivity index (χ1v) is 11.8. The first-order chi connectivity index (χ1) is 14.5. The van der Waals surface area contributed by atoms with Gasteiger partial charge in [-0.05, 0) is 65.3 Å². The van der Waals surface area contributed by atoms with Crippen molar-refractivity contribution in [2.75, 3.05) is 20.7 Å². The van der Waals surface area contributed by atoms with Crippen LogP contribution < -0.4 is 4.74 Å². The van der Waals surface area contributed by atoms with Crippen LogP contribution in [0.15, 0.2) is 24.3 Å². The molecule has 1 aromatic carbocycles. The largest absolute Gasteiger partial charge is 0.504 e. The summed E-state index contributed by atoms with van der Waals surface area (Å²) in [5.41, 5.74) is -0.381. The monoisotopic (exact) mass is 425 g/mol. The number of methoxy groups -OCH3 is 1. The predicted molar refractivity (Wildman–Crippen MR) is 119 cm³/mol. The van der Waals surface area contributed by atoms with E-state index in [9.17, 15) is 10.2 Å². The summed E-state index contributed by atoms with van der Waals surface area (Å²) in [6, 6.07) is 4.26. The van der Waals surface area contributed by atoms with Gasteiger partial charge in [0, 0.05) is 36.0 Å². The molecule has 2 heterocycles. The summed E-state index contributed by atoms with van der Waals surface area (Å²) in [6.45, 7) is 9.25. The van der Waals surface area contributed by atoms with Crippen molar-refractivity contribution in [3.05, 3.63) is 35.4 Å². The van der Waals surface area contributed by atoms with E-state index in [0.717, 1.165) is 25.8 Å². The van der Waals surface area contributed by atoms with E-state index in [1.807, 2.05) is 19.9 Å². The lowest BCUT2D eigenvalue weighted by atomic mass is 9.31. The molecule has 5 nitrogen and oxygen atoms in total. The maximum Gasteiger partial charge on any atom is 0.166 e. The maximum atomic E-state index is 11.4. The summed E-state index contributed by atoms with van der Waals surface area (Å²) in [5, 5.41) is 22.4. The van der Waals surface area contributed by atoms with E-state index >= 15 is 0 Å². The fraction of sp³-hybridized carbons (Fsp3) is 0.692. The zero-order chi connectivity index (χ0) is 22.2. The molecule has 0 aromatic heterocycles. The fourth-order valence-corrected chi connectivity index (χ4v) is 9.22. The van der Waals surface area contributed by atoms with Gasteiger partial charge in [-0.2, -0.15) is 0 Å². The molecule has 31 heavy (non-hydrogen) atoms. The van der Waals surface area contributed by atoms with Gasteiger partial charge in [0.1, 0.15) is 11.2 Å². The average molecular weight is 426 g/mol. The Balaban J connectivity index is 1.78. The van der Waals surface area contributed by atoms with Crippen LogP contribution in [0.3, 0.4) is 0 Å². The van der Waals surface area contributed by atoms with Gasteiger partial charge in [-0.3, -0.25) is 0 Å². The maximum absolute atomic E-state index is 11.4. The SMILES string of the molecule is CC[C@H]1c2ccc(O)c3c2[C@]24CCN(C)[C@@H]1[C@]21C=C[C@@](OC)([C@@H](C(C)(C)O)C1)[C@]4(C)O3. The van der Waals surface area contributed by atoms with Gasteiger partial charge in [0.05, 0.1) is 11.0 Å². The zero-order valence-electron chi connectivity index (χ0n) is 19.5. The molecule has 168 valence electrons. The number of piperidine rings is 1. The Morgan fingerprint density at radius 1 is 1.29 bits per heavy atom. The summed E-state index contributed by atoms with van der Waals surface area (Å²) in [6.07, 6.45) is 7.46. The minimum absolute atomic E-state index is 0.127. The number of likely N-dealkylation sites (tertiary alicyclic amines) is 1. The molecule has 4 bridgehead atoms. The van der Waals surface area contributed by atoms with Gasteiger partial charge in [-0.1, -0.05) is 25.1 Å². The molecule has 2 N–H and O–H groups in total. The predicted octanol–water partition coefficient (Wildman–Crippen LogP) is 3.72. The molecule has 1 saturated carbocycles. The van der Waals surface area contributed by atoms with E-state index in [1.165, 1.54) is 11.1 Å². The lowest BCUT2D eigenvalue weighted by Gasteiger charge is -2.76. The van der Waals surface area contributed by atoms with Crippen LogP contribution in [-0.2, 0) is 10.2 Å². The molecule has 6 aliphatic rings. The van der Waals surface area contributed by atoms with Crippen molar-refractivity contribution in [2.45, 2.75) is 81.1 Å². The third-order valence-electron chi connectivity index (χ3n) is 10.2. The lowest BCUT2D eigenvalue weighted by Crippen LogP contribution is -2.85. The molecular formula is C26H35NO4. The number of likely N-dealkylation sites (N-methyl/N-ethyl adjacent to an activating group) is 1. The smallest absolute Gasteiger partial charge is 0.166 e. The van der Waals surface area contributed by atoms with Crippen molar-refractivity contribution in [3.8, 4) is 11.5 Å². The third kappa shape index (κ3) is 1.75. The second-order valence-corrected chi connectivity index (χ2v) is 11.4. The molecule has 4 aliphatic carbocycles. The molecule has 0 amide bonds. The van der Waals surface area contributed by atoms with Crippen molar-refractivity contribution in [1.29, 1.82) is 0 Å². The number of benzene rings is 1. The average Bonchev–Trinajstić information content (AvgIpc) is 3.01. The molecule has 1 aromatic rings. The molecular weight excluding hydrogens is 390 g/mol. The molecule has 2 fully saturated rings. The Kier molecular flexibility index (Phi) is 3.56. The highest BCUT2D eigenvalue weighted by molar-refractivity contribution is 5.68. The van der Waals surface area contributed by atoms with Gasteiger partial charge in [-0.15, -0.1) is 0 Å². The highest BCUT2D eigenvalue weighted by Gasteiger charge is 2.85. The van der Waals surface area contributed by atoms with E-state index < -0.39 is 16.8 Å². The van der Waals surface area contributed by atoms with Crippen LogP contribution in [0.4, 0.5) is 0 Å². The highest BCUT2D eigenvalue weighted by atomic mass is 16.6. The van der Waals surface area contributed by atoms with Crippen LogP contribution in [0.25, 0.3) is 0 Å². The van der Waals surface area contributed by atoms with Crippen molar-refractivity contribution >= 4 is 0 Å². The van der Waals surface area contributed by atoms with Crippen LogP contribution in [-0.4, -0.2) is 58.7 Å². The highest BCUT2D eigenvalue weighted by Crippen LogP contribution is 2.80. The summed E-state index contributed by atoms with van der Waals surface area (Å²) >= 11 is 0. The van der Waals surface area contributed by atoms with E-state index in [1.54, 1.807) is 7.11 Å². The van der Waals surface area contributed by atoms with Crippen molar-refractivity contribution in [3.63, 3.8) is 0 Å². The standard InChI is InChI=1S/C26H35NO4/c1-7-15-16-8-9-17(28)20-19(16)25-12-13-27(5)21(15)24(25)10-11-26(30-6,23(25,4)31-20)18(14-24)22(2,3)29/h8-11,15,18,21,28-29H,7,12-14H2,1-6H3/t15-,18+,21-,23+,24+,25-,26+/m0/s1. The summed E-state index contributed by atoms with van der Waals surface area (Å²) in [5.74, 6) is 1.08. The topological polar surface area (TPSA) is 62.2 Å². The number of phenolic OH excluding ortho intramolecular Hbond substituents is 1. The Morgan fingerprint density at radius 3 is 2.68 bits per heavy atom. The summed E-state index contributed by atoms with van der Waals surface area (Å²) in [4.78, 5) is 2.55. The van der Waals surface area contributed by atoms with Gasteiger partial charge in [0.25, 0.3) is 0 Å². The molecule has 0 radical (unpaired) electrons. The Bertz CT molecular complexity index is 1010. The van der Waals surface area contributed by atoms with Gasteiger partial charge in [0.15, 0.2) is 11.5 Å². The first-order valence-electron chi connectivity index (χ1n) is 11.8. The quantitative estimate of drug-likeness (QED) is 0.723. The molecule has 2 aliphatic heterocycles. The summed E-state index contributed by atoms with van der Waals surface area (Å²) < 4.78 is 13.3. The van der Waals surface area contributed by atoms with E-state index in [2.05, 4.69) is 44.0 Å². The number of aromatic hydroxyl groups is 1. The Labute approximate surface area is 185 Å². The lowest BCUT2D eigenvalue weighted by molar-refractivity contribution is -0.285. The molecule has 5 heteroatoms. The molecule has 7 atom stereocenters.